The van der Waals surface area contributed by atoms with Crippen LogP contribution in [0.5, 0.6) is 0 Å². The van der Waals surface area contributed by atoms with Crippen LogP contribution in [0.2, 0.25) is 0 Å². The van der Waals surface area contributed by atoms with Crippen molar-refractivity contribution in [2.45, 2.75) is 68.2 Å². The van der Waals surface area contributed by atoms with E-state index < -0.39 is 46.8 Å². The first kappa shape index (κ1) is 29.9. The summed E-state index contributed by atoms with van der Waals surface area (Å²) in [5.74, 6) is -1.18. The summed E-state index contributed by atoms with van der Waals surface area (Å²) >= 11 is 1.03. The molecular formula is C30H34F2N4O5S2. The Bertz CT molecular complexity index is 1550. The fraction of sp³-hybridized carbons (Fsp3) is 0.500. The van der Waals surface area contributed by atoms with Crippen LogP contribution in [0.15, 0.2) is 47.5 Å². The molecule has 2 aromatic rings. The van der Waals surface area contributed by atoms with E-state index in [1.54, 1.807) is 29.2 Å². The molecule has 0 spiro atoms. The van der Waals surface area contributed by atoms with Crippen LogP contribution in [-0.2, 0) is 14.8 Å². The van der Waals surface area contributed by atoms with Gasteiger partial charge in [-0.3, -0.25) is 4.79 Å². The smallest absolute Gasteiger partial charge is 0.348 e. The third-order valence-corrected chi connectivity index (χ3v) is 11.8. The number of carbonyl (C=O) groups is 2. The Balaban J connectivity index is 1.31. The van der Waals surface area contributed by atoms with Gasteiger partial charge in [-0.25, -0.2) is 27.0 Å². The monoisotopic (exact) mass is 632 g/mol. The van der Waals surface area contributed by atoms with E-state index in [0.29, 0.717) is 29.2 Å². The zero-order valence-corrected chi connectivity index (χ0v) is 25.2. The van der Waals surface area contributed by atoms with Crippen LogP contribution < -0.4 is 9.80 Å². The summed E-state index contributed by atoms with van der Waals surface area (Å²) in [5, 5.41) is 10.1. The number of carboxylic acid groups (broad SMARTS) is 1. The molecule has 2 aliphatic carbocycles. The van der Waals surface area contributed by atoms with Gasteiger partial charge in [-0.2, -0.15) is 4.31 Å². The number of allylic oxidation sites excluding steroid dienone is 4. The van der Waals surface area contributed by atoms with Gasteiger partial charge in [0.1, 0.15) is 27.9 Å². The Labute approximate surface area is 253 Å². The minimum absolute atomic E-state index is 0.00522. The first-order valence-electron chi connectivity index (χ1n) is 14.7. The summed E-state index contributed by atoms with van der Waals surface area (Å²) in [6, 6.07) is 4.12. The zero-order valence-electron chi connectivity index (χ0n) is 23.6. The first-order valence-corrected chi connectivity index (χ1v) is 16.9. The van der Waals surface area contributed by atoms with Gasteiger partial charge in [-0.15, -0.1) is 11.3 Å². The van der Waals surface area contributed by atoms with Crippen molar-refractivity contribution in [2.75, 3.05) is 36.0 Å². The highest BCUT2D eigenvalue weighted by Crippen LogP contribution is 2.41. The predicted molar refractivity (Wildman–Crippen MR) is 160 cm³/mol. The molecule has 230 valence electrons. The van der Waals surface area contributed by atoms with Crippen molar-refractivity contribution in [2.24, 2.45) is 5.92 Å². The normalized spacial score (nSPS) is 25.8. The largest absolute Gasteiger partial charge is 0.477 e. The molecule has 0 radical (unpaired) electrons. The Kier molecular flexibility index (Phi) is 8.40. The number of aromatic carboxylic acids is 1. The van der Waals surface area contributed by atoms with Crippen LogP contribution in [-0.4, -0.2) is 79.3 Å². The number of thiophene rings is 1. The van der Waals surface area contributed by atoms with Gasteiger partial charge in [0, 0.05) is 30.6 Å². The molecule has 2 aliphatic heterocycles. The van der Waals surface area contributed by atoms with Crippen LogP contribution in [0.1, 0.15) is 59.5 Å². The summed E-state index contributed by atoms with van der Waals surface area (Å²) in [4.78, 5) is 34.4. The third-order valence-electron chi connectivity index (χ3n) is 8.81. The maximum atomic E-state index is 13.9. The van der Waals surface area contributed by atoms with Crippen molar-refractivity contribution in [1.82, 2.24) is 9.29 Å². The number of alkyl halides is 2. The number of aromatic nitrogens is 1. The number of piperazine rings is 1. The zero-order chi connectivity index (χ0) is 30.3. The van der Waals surface area contributed by atoms with Gasteiger partial charge < -0.3 is 14.9 Å². The molecule has 6 rings (SSSR count). The fourth-order valence-electron chi connectivity index (χ4n) is 6.56. The number of hydrogen-bond donors (Lipinski definition) is 1. The lowest BCUT2D eigenvalue weighted by Gasteiger charge is -2.44. The molecular weight excluding hydrogens is 598 g/mol. The highest BCUT2D eigenvalue weighted by atomic mass is 32.2. The van der Waals surface area contributed by atoms with Gasteiger partial charge in [0.25, 0.3) is 0 Å². The molecule has 0 bridgehead atoms. The molecule has 2 aromatic heterocycles. The highest BCUT2D eigenvalue weighted by Gasteiger charge is 2.44. The lowest BCUT2D eigenvalue weighted by molar-refractivity contribution is -0.121. The van der Waals surface area contributed by atoms with Crippen LogP contribution in [0.3, 0.4) is 0 Å². The Morgan fingerprint density at radius 1 is 1.09 bits per heavy atom. The summed E-state index contributed by atoms with van der Waals surface area (Å²) in [6.07, 6.45) is 9.12. The molecule has 9 nitrogen and oxygen atoms in total. The van der Waals surface area contributed by atoms with Gasteiger partial charge in [-0.05, 0) is 55.0 Å². The van der Waals surface area contributed by atoms with E-state index in [1.165, 1.54) is 27.5 Å². The first-order chi connectivity index (χ1) is 20.6. The number of halogens is 2. The van der Waals surface area contributed by atoms with Crippen molar-refractivity contribution in [3.8, 4) is 0 Å². The lowest BCUT2D eigenvalue weighted by atomic mass is 9.82. The van der Waals surface area contributed by atoms with Crippen molar-refractivity contribution >= 4 is 50.3 Å². The standard InChI is InChI=1S/C30H34F2N4O5S2/c31-21-8-6-20(7-9-21)26-14-24(29(42-26)30(38)39)36-25(19-4-2-1-3-5-19)17-35(18-28(36)37)43(40,41)23-10-11-27(33-15-23)34-13-12-22(32)16-34/h6-8,10-11,14-15,19,21-22,25H,1-5,9,12-13,16-18H2,(H,38,39)/t21?,22-,25+/m1/s1. The van der Waals surface area contributed by atoms with Gasteiger partial charge in [0.15, 0.2) is 0 Å². The van der Waals surface area contributed by atoms with Crippen LogP contribution in [0.4, 0.5) is 20.3 Å². The summed E-state index contributed by atoms with van der Waals surface area (Å²) in [5.41, 5.74) is 0.951. The summed E-state index contributed by atoms with van der Waals surface area (Å²) in [7, 11) is -4.10. The second kappa shape index (κ2) is 12.1. The molecule has 1 amide bonds. The summed E-state index contributed by atoms with van der Waals surface area (Å²) < 4.78 is 56.2. The molecule has 3 fully saturated rings. The van der Waals surface area contributed by atoms with Gasteiger partial charge in [0.2, 0.25) is 15.9 Å². The van der Waals surface area contributed by atoms with Gasteiger partial charge in [0.05, 0.1) is 24.8 Å². The van der Waals surface area contributed by atoms with Crippen LogP contribution in [0, 0.1) is 5.92 Å². The number of pyridine rings is 1. The average molecular weight is 633 g/mol. The highest BCUT2D eigenvalue weighted by molar-refractivity contribution is 7.89. The van der Waals surface area contributed by atoms with E-state index in [4.69, 9.17) is 0 Å². The summed E-state index contributed by atoms with van der Waals surface area (Å²) in [6.45, 7) is 0.295. The number of anilines is 2. The van der Waals surface area contributed by atoms with Crippen molar-refractivity contribution in [3.05, 3.63) is 52.4 Å². The molecule has 3 atom stereocenters. The lowest BCUT2D eigenvalue weighted by Crippen LogP contribution is -2.60. The van der Waals surface area contributed by atoms with Crippen molar-refractivity contribution < 1.29 is 31.9 Å². The number of rotatable bonds is 7. The Morgan fingerprint density at radius 2 is 1.88 bits per heavy atom. The molecule has 13 heteroatoms. The minimum atomic E-state index is -4.10. The van der Waals surface area contributed by atoms with Gasteiger partial charge >= 0.3 is 5.97 Å². The molecule has 43 heavy (non-hydrogen) atoms. The van der Waals surface area contributed by atoms with Gasteiger partial charge in [-0.1, -0.05) is 31.4 Å². The number of carbonyl (C=O) groups excluding carboxylic acids is 1. The number of amides is 1. The van der Waals surface area contributed by atoms with E-state index in [-0.39, 0.29) is 40.9 Å². The maximum absolute atomic E-state index is 13.9. The minimum Gasteiger partial charge on any atom is -0.477 e. The van der Waals surface area contributed by atoms with E-state index in [9.17, 15) is 31.9 Å². The molecule has 4 heterocycles. The Hall–Kier alpha value is -3.16. The molecule has 0 aromatic carbocycles. The Morgan fingerprint density at radius 3 is 2.51 bits per heavy atom. The molecule has 1 unspecified atom stereocenters. The van der Waals surface area contributed by atoms with Crippen LogP contribution in [0.25, 0.3) is 5.57 Å². The topological polar surface area (TPSA) is 111 Å². The number of sulfonamides is 1. The quantitative estimate of drug-likeness (QED) is 0.455. The number of carboxylic acids is 1. The SMILES string of the molecule is O=C(O)c1sc(C2=CCC(F)C=C2)cc1N1C(=O)CN(S(=O)(=O)c2ccc(N3CC[C@@H](F)C3)nc2)C[C@H]1C1CCCCC1. The molecule has 1 saturated carbocycles. The van der Waals surface area contributed by atoms with Crippen molar-refractivity contribution in [1.29, 1.82) is 0 Å². The third kappa shape index (κ3) is 5.99. The second-order valence-electron chi connectivity index (χ2n) is 11.6. The van der Waals surface area contributed by atoms with E-state index >= 15 is 0 Å². The van der Waals surface area contributed by atoms with Crippen LogP contribution >= 0.6 is 11.3 Å². The molecule has 1 N–H and O–H groups in total. The second-order valence-corrected chi connectivity index (χ2v) is 14.6. The van der Waals surface area contributed by atoms with E-state index in [0.717, 1.165) is 43.4 Å². The fourth-order valence-corrected chi connectivity index (χ4v) is 8.92. The predicted octanol–water partition coefficient (Wildman–Crippen LogP) is 5.06. The molecule has 2 saturated heterocycles. The maximum Gasteiger partial charge on any atom is 0.348 e. The molecule has 4 aliphatic rings. The number of nitrogens with zero attached hydrogens (tertiary/aromatic N) is 4. The average Bonchev–Trinajstić information content (AvgIpc) is 3.64. The number of hydrogen-bond acceptors (Lipinski definition) is 7. The van der Waals surface area contributed by atoms with E-state index in [1.807, 2.05) is 0 Å². The van der Waals surface area contributed by atoms with E-state index in [2.05, 4.69) is 4.98 Å². The van der Waals surface area contributed by atoms with Crippen molar-refractivity contribution in [3.63, 3.8) is 0 Å².